The summed E-state index contributed by atoms with van der Waals surface area (Å²) in [5.74, 6) is 0. The normalized spacial score (nSPS) is 33.8. The summed E-state index contributed by atoms with van der Waals surface area (Å²) in [4.78, 5) is 0. The summed E-state index contributed by atoms with van der Waals surface area (Å²) in [6.07, 6.45) is 2.53. The lowest BCUT2D eigenvalue weighted by Gasteiger charge is -2.37. The van der Waals surface area contributed by atoms with Crippen LogP contribution in [0.3, 0.4) is 0 Å². The molecule has 0 aromatic heterocycles. The number of fused-ring (bicyclic) bond motifs is 2. The van der Waals surface area contributed by atoms with Gasteiger partial charge >= 0.3 is 0 Å². The van der Waals surface area contributed by atoms with E-state index in [1.54, 1.807) is 5.56 Å². The highest BCUT2D eigenvalue weighted by Crippen LogP contribution is 2.43. The van der Waals surface area contributed by atoms with Crippen LogP contribution >= 0.6 is 0 Å². The smallest absolute Gasteiger partial charge is 0.0379 e. The van der Waals surface area contributed by atoms with Crippen molar-refractivity contribution in [3.63, 3.8) is 0 Å². The molecule has 1 aromatic rings. The van der Waals surface area contributed by atoms with Crippen LogP contribution in [-0.4, -0.2) is 19.1 Å². The van der Waals surface area contributed by atoms with Crippen molar-refractivity contribution >= 4 is 5.69 Å². The van der Waals surface area contributed by atoms with Crippen molar-refractivity contribution in [3.05, 3.63) is 29.8 Å². The quantitative estimate of drug-likeness (QED) is 0.673. The van der Waals surface area contributed by atoms with E-state index in [2.05, 4.69) is 41.8 Å². The molecular weight excluding hydrogens is 184 g/mol. The van der Waals surface area contributed by atoms with Crippen LogP contribution < -0.4 is 10.6 Å². The highest BCUT2D eigenvalue weighted by atomic mass is 15.0. The summed E-state index contributed by atoms with van der Waals surface area (Å²) in [6.45, 7) is 4.57. The molecule has 3 rings (SSSR count). The zero-order chi connectivity index (χ0) is 10.3. The lowest BCUT2D eigenvalue weighted by molar-refractivity contribution is 0.283. The Morgan fingerprint density at radius 1 is 1.33 bits per heavy atom. The number of para-hydroxylation sites is 1. The van der Waals surface area contributed by atoms with E-state index in [9.17, 15) is 0 Å². The predicted octanol–water partition coefficient (Wildman–Crippen LogP) is 2.12. The van der Waals surface area contributed by atoms with E-state index in [1.165, 1.54) is 18.5 Å². The van der Waals surface area contributed by atoms with Crippen LogP contribution in [0.2, 0.25) is 0 Å². The molecule has 2 aliphatic heterocycles. The minimum Gasteiger partial charge on any atom is -0.384 e. The number of hydrogen-bond acceptors (Lipinski definition) is 2. The van der Waals surface area contributed by atoms with Crippen LogP contribution in [0.5, 0.6) is 0 Å². The SMILES string of the molecule is CC1CC2(CCN1)CNc1ccccc12. The molecular formula is C13H18N2. The summed E-state index contributed by atoms with van der Waals surface area (Å²) in [6, 6.07) is 9.44. The van der Waals surface area contributed by atoms with Crippen LogP contribution in [0.15, 0.2) is 24.3 Å². The Balaban J connectivity index is 2.00. The topological polar surface area (TPSA) is 24.1 Å². The fourth-order valence-electron chi connectivity index (χ4n) is 3.18. The third-order valence-electron chi connectivity index (χ3n) is 3.91. The third kappa shape index (κ3) is 1.36. The third-order valence-corrected chi connectivity index (χ3v) is 3.91. The molecule has 0 amide bonds. The van der Waals surface area contributed by atoms with Gasteiger partial charge in [-0.25, -0.2) is 0 Å². The molecule has 2 N–H and O–H groups in total. The van der Waals surface area contributed by atoms with Crippen molar-refractivity contribution in [2.75, 3.05) is 18.4 Å². The maximum atomic E-state index is 3.55. The first-order chi connectivity index (χ1) is 7.30. The largest absolute Gasteiger partial charge is 0.384 e. The minimum absolute atomic E-state index is 0.404. The zero-order valence-electron chi connectivity index (χ0n) is 9.22. The molecule has 1 spiro atoms. The molecule has 0 radical (unpaired) electrons. The van der Waals surface area contributed by atoms with Gasteiger partial charge in [-0.2, -0.15) is 0 Å². The molecule has 1 fully saturated rings. The van der Waals surface area contributed by atoms with Crippen molar-refractivity contribution in [2.45, 2.75) is 31.2 Å². The molecule has 2 heterocycles. The Labute approximate surface area is 91.1 Å². The van der Waals surface area contributed by atoms with Crippen LogP contribution in [0.4, 0.5) is 5.69 Å². The molecule has 2 heteroatoms. The average Bonchev–Trinajstić information content (AvgIpc) is 2.59. The average molecular weight is 202 g/mol. The van der Waals surface area contributed by atoms with E-state index in [1.807, 2.05) is 0 Å². The molecule has 2 unspecified atom stereocenters. The van der Waals surface area contributed by atoms with E-state index >= 15 is 0 Å². The van der Waals surface area contributed by atoms with Crippen molar-refractivity contribution < 1.29 is 0 Å². The zero-order valence-corrected chi connectivity index (χ0v) is 9.22. The standard InChI is InChI=1S/C13H18N2/c1-10-8-13(6-7-14-10)9-15-12-5-3-2-4-11(12)13/h2-5,10,14-15H,6-9H2,1H3. The van der Waals surface area contributed by atoms with Gasteiger partial charge in [0.25, 0.3) is 0 Å². The summed E-state index contributed by atoms with van der Waals surface area (Å²) < 4.78 is 0. The Morgan fingerprint density at radius 3 is 3.07 bits per heavy atom. The van der Waals surface area contributed by atoms with Gasteiger partial charge in [0.2, 0.25) is 0 Å². The first-order valence-corrected chi connectivity index (χ1v) is 5.87. The molecule has 1 aromatic carbocycles. The molecule has 0 bridgehead atoms. The highest BCUT2D eigenvalue weighted by Gasteiger charge is 2.41. The van der Waals surface area contributed by atoms with Crippen molar-refractivity contribution in [1.82, 2.24) is 5.32 Å². The molecule has 2 aliphatic rings. The fraction of sp³-hybridized carbons (Fsp3) is 0.538. The molecule has 1 saturated heterocycles. The molecule has 80 valence electrons. The molecule has 0 saturated carbocycles. The minimum atomic E-state index is 0.404. The second kappa shape index (κ2) is 3.24. The number of anilines is 1. The van der Waals surface area contributed by atoms with Gasteiger partial charge in [-0.05, 0) is 37.9 Å². The number of nitrogens with one attached hydrogen (secondary N) is 2. The van der Waals surface area contributed by atoms with Gasteiger partial charge in [-0.1, -0.05) is 18.2 Å². The van der Waals surface area contributed by atoms with Gasteiger partial charge in [-0.15, -0.1) is 0 Å². The molecule has 2 atom stereocenters. The highest BCUT2D eigenvalue weighted by molar-refractivity contribution is 5.60. The number of piperidine rings is 1. The van der Waals surface area contributed by atoms with Crippen LogP contribution in [-0.2, 0) is 5.41 Å². The maximum absolute atomic E-state index is 3.55. The summed E-state index contributed by atoms with van der Waals surface area (Å²) in [5.41, 5.74) is 3.30. The van der Waals surface area contributed by atoms with Gasteiger partial charge in [-0.3, -0.25) is 0 Å². The van der Waals surface area contributed by atoms with E-state index in [0.717, 1.165) is 13.1 Å². The van der Waals surface area contributed by atoms with Crippen LogP contribution in [0.1, 0.15) is 25.3 Å². The predicted molar refractivity (Wildman–Crippen MR) is 63.3 cm³/mol. The van der Waals surface area contributed by atoms with Gasteiger partial charge in [0.05, 0.1) is 0 Å². The van der Waals surface area contributed by atoms with Crippen LogP contribution in [0, 0.1) is 0 Å². The number of hydrogen-bond donors (Lipinski definition) is 2. The maximum Gasteiger partial charge on any atom is 0.0379 e. The Kier molecular flexibility index (Phi) is 1.99. The first-order valence-electron chi connectivity index (χ1n) is 5.87. The van der Waals surface area contributed by atoms with E-state index in [-0.39, 0.29) is 0 Å². The van der Waals surface area contributed by atoms with Gasteiger partial charge in [0.1, 0.15) is 0 Å². The van der Waals surface area contributed by atoms with E-state index in [0.29, 0.717) is 11.5 Å². The first kappa shape index (κ1) is 9.22. The summed E-state index contributed by atoms with van der Waals surface area (Å²) >= 11 is 0. The Bertz CT molecular complexity index is 371. The monoisotopic (exact) mass is 202 g/mol. The van der Waals surface area contributed by atoms with Crippen molar-refractivity contribution in [1.29, 1.82) is 0 Å². The second-order valence-corrected chi connectivity index (χ2v) is 4.99. The molecule has 2 nitrogen and oxygen atoms in total. The number of rotatable bonds is 0. The fourth-order valence-corrected chi connectivity index (χ4v) is 3.18. The molecule has 0 aliphatic carbocycles. The summed E-state index contributed by atoms with van der Waals surface area (Å²) in [5, 5.41) is 7.09. The Morgan fingerprint density at radius 2 is 2.20 bits per heavy atom. The summed E-state index contributed by atoms with van der Waals surface area (Å²) in [7, 11) is 0. The number of benzene rings is 1. The van der Waals surface area contributed by atoms with Crippen molar-refractivity contribution in [2.24, 2.45) is 0 Å². The van der Waals surface area contributed by atoms with Gasteiger partial charge in [0, 0.05) is 23.7 Å². The van der Waals surface area contributed by atoms with Crippen LogP contribution in [0.25, 0.3) is 0 Å². The second-order valence-electron chi connectivity index (χ2n) is 4.99. The van der Waals surface area contributed by atoms with Gasteiger partial charge < -0.3 is 10.6 Å². The van der Waals surface area contributed by atoms with E-state index < -0.39 is 0 Å². The van der Waals surface area contributed by atoms with E-state index in [4.69, 9.17) is 0 Å². The van der Waals surface area contributed by atoms with Crippen molar-refractivity contribution in [3.8, 4) is 0 Å². The lowest BCUT2D eigenvalue weighted by Crippen LogP contribution is -2.46. The van der Waals surface area contributed by atoms with Gasteiger partial charge in [0.15, 0.2) is 0 Å². The lowest BCUT2D eigenvalue weighted by atomic mass is 9.72. The molecule has 15 heavy (non-hydrogen) atoms. The Hall–Kier alpha value is -1.02.